The maximum Gasteiger partial charge on any atom is 0.144 e. The first kappa shape index (κ1) is 15.5. The smallest absolute Gasteiger partial charge is 0.144 e. The molecule has 0 spiro atoms. The van der Waals surface area contributed by atoms with Gasteiger partial charge < -0.3 is 20.3 Å². The fourth-order valence-corrected chi connectivity index (χ4v) is 3.59. The molecule has 0 bridgehead atoms. The van der Waals surface area contributed by atoms with E-state index in [4.69, 9.17) is 10.5 Å². The summed E-state index contributed by atoms with van der Waals surface area (Å²) in [7, 11) is 2.18. The molecule has 0 radical (unpaired) electrons. The number of piperazine rings is 1. The van der Waals surface area contributed by atoms with Crippen molar-refractivity contribution in [3.05, 3.63) is 18.2 Å². The van der Waals surface area contributed by atoms with Gasteiger partial charge in [0.15, 0.2) is 0 Å². The molecule has 2 aliphatic rings. The van der Waals surface area contributed by atoms with Crippen LogP contribution >= 0.6 is 0 Å². The quantitative estimate of drug-likeness (QED) is 0.849. The van der Waals surface area contributed by atoms with Crippen molar-refractivity contribution in [2.75, 3.05) is 50.5 Å². The van der Waals surface area contributed by atoms with Crippen molar-refractivity contribution in [1.29, 1.82) is 0 Å². The number of nitrogen functional groups attached to an aromatic ring is 1. The molecule has 4 nitrogen and oxygen atoms in total. The summed E-state index contributed by atoms with van der Waals surface area (Å²) in [5, 5.41) is 0. The predicted octanol–water partition coefficient (Wildman–Crippen LogP) is 2.98. The minimum absolute atomic E-state index is 0.786. The Hall–Kier alpha value is -1.42. The van der Waals surface area contributed by atoms with E-state index in [2.05, 4.69) is 22.9 Å². The van der Waals surface area contributed by atoms with Crippen LogP contribution in [0, 0.1) is 5.92 Å². The fourth-order valence-electron chi connectivity index (χ4n) is 3.59. The second-order valence-electron chi connectivity index (χ2n) is 6.81. The SMILES string of the molecule is CN1CCN(c2ccc(N)cc2OCCC2CCCC2)CC1. The topological polar surface area (TPSA) is 41.7 Å². The molecule has 22 heavy (non-hydrogen) atoms. The lowest BCUT2D eigenvalue weighted by Crippen LogP contribution is -2.44. The lowest BCUT2D eigenvalue weighted by Gasteiger charge is -2.35. The summed E-state index contributed by atoms with van der Waals surface area (Å²) in [6.07, 6.45) is 6.74. The van der Waals surface area contributed by atoms with E-state index in [1.54, 1.807) is 0 Å². The van der Waals surface area contributed by atoms with E-state index < -0.39 is 0 Å². The van der Waals surface area contributed by atoms with Gasteiger partial charge in [-0.3, -0.25) is 0 Å². The third-order valence-electron chi connectivity index (χ3n) is 5.09. The lowest BCUT2D eigenvalue weighted by molar-refractivity contribution is 0.276. The normalized spacial score (nSPS) is 20.5. The molecule has 1 aliphatic heterocycles. The second kappa shape index (κ2) is 7.23. The summed E-state index contributed by atoms with van der Waals surface area (Å²) in [4.78, 5) is 4.79. The van der Waals surface area contributed by atoms with Crippen molar-refractivity contribution in [1.82, 2.24) is 4.90 Å². The van der Waals surface area contributed by atoms with Crippen LogP contribution in [0.5, 0.6) is 5.75 Å². The van der Waals surface area contributed by atoms with E-state index in [0.717, 1.165) is 50.1 Å². The van der Waals surface area contributed by atoms with Gasteiger partial charge in [0.25, 0.3) is 0 Å². The molecule has 4 heteroatoms. The Morgan fingerprint density at radius 2 is 1.86 bits per heavy atom. The molecule has 1 aromatic carbocycles. The molecule has 1 aromatic rings. The first-order valence-corrected chi connectivity index (χ1v) is 8.68. The van der Waals surface area contributed by atoms with Gasteiger partial charge in [-0.25, -0.2) is 0 Å². The Balaban J connectivity index is 1.62. The molecule has 3 rings (SSSR count). The van der Waals surface area contributed by atoms with Gasteiger partial charge in [-0.1, -0.05) is 25.7 Å². The molecule has 2 N–H and O–H groups in total. The van der Waals surface area contributed by atoms with Crippen molar-refractivity contribution in [2.45, 2.75) is 32.1 Å². The average molecular weight is 303 g/mol. The Labute approximate surface area is 134 Å². The number of nitrogens with zero attached hydrogens (tertiary/aromatic N) is 2. The van der Waals surface area contributed by atoms with Gasteiger partial charge in [-0.05, 0) is 31.5 Å². The van der Waals surface area contributed by atoms with Crippen LogP contribution in [-0.2, 0) is 0 Å². The van der Waals surface area contributed by atoms with Gasteiger partial charge in [0.1, 0.15) is 5.75 Å². The van der Waals surface area contributed by atoms with E-state index >= 15 is 0 Å². The van der Waals surface area contributed by atoms with Crippen LogP contribution in [0.15, 0.2) is 18.2 Å². The summed E-state index contributed by atoms with van der Waals surface area (Å²) >= 11 is 0. The maximum absolute atomic E-state index is 6.12. The van der Waals surface area contributed by atoms with E-state index in [1.807, 2.05) is 12.1 Å². The Morgan fingerprint density at radius 3 is 2.59 bits per heavy atom. The molecule has 122 valence electrons. The van der Waals surface area contributed by atoms with Gasteiger partial charge in [-0.2, -0.15) is 0 Å². The zero-order valence-corrected chi connectivity index (χ0v) is 13.8. The number of hydrogen-bond donors (Lipinski definition) is 1. The molecule has 0 unspecified atom stereocenters. The molecule has 2 fully saturated rings. The number of anilines is 2. The zero-order valence-electron chi connectivity index (χ0n) is 13.8. The summed E-state index contributed by atoms with van der Waals surface area (Å²) in [6.45, 7) is 5.13. The summed E-state index contributed by atoms with van der Waals surface area (Å²) < 4.78 is 6.12. The highest BCUT2D eigenvalue weighted by atomic mass is 16.5. The van der Waals surface area contributed by atoms with Crippen molar-refractivity contribution < 1.29 is 4.74 Å². The Bertz CT molecular complexity index is 477. The monoisotopic (exact) mass is 303 g/mol. The van der Waals surface area contributed by atoms with Gasteiger partial charge >= 0.3 is 0 Å². The van der Waals surface area contributed by atoms with Crippen LogP contribution in [-0.4, -0.2) is 44.7 Å². The van der Waals surface area contributed by atoms with Crippen LogP contribution in [0.2, 0.25) is 0 Å². The first-order chi connectivity index (χ1) is 10.7. The fraction of sp³-hybridized carbons (Fsp3) is 0.667. The minimum Gasteiger partial charge on any atom is -0.491 e. The number of hydrogen-bond acceptors (Lipinski definition) is 4. The minimum atomic E-state index is 0.786. The van der Waals surface area contributed by atoms with Crippen molar-refractivity contribution in [3.8, 4) is 5.75 Å². The van der Waals surface area contributed by atoms with Crippen LogP contribution < -0.4 is 15.4 Å². The van der Waals surface area contributed by atoms with Crippen LogP contribution in [0.3, 0.4) is 0 Å². The van der Waals surface area contributed by atoms with Crippen LogP contribution in [0.1, 0.15) is 32.1 Å². The lowest BCUT2D eigenvalue weighted by atomic mass is 10.1. The van der Waals surface area contributed by atoms with Gasteiger partial charge in [-0.15, -0.1) is 0 Å². The van der Waals surface area contributed by atoms with E-state index in [0.29, 0.717) is 0 Å². The molecule has 1 aliphatic carbocycles. The van der Waals surface area contributed by atoms with Crippen molar-refractivity contribution in [2.24, 2.45) is 5.92 Å². The van der Waals surface area contributed by atoms with Gasteiger partial charge in [0.05, 0.1) is 12.3 Å². The van der Waals surface area contributed by atoms with E-state index in [9.17, 15) is 0 Å². The van der Waals surface area contributed by atoms with Crippen LogP contribution in [0.4, 0.5) is 11.4 Å². The number of ether oxygens (including phenoxy) is 1. The number of likely N-dealkylation sites (N-methyl/N-ethyl adjacent to an activating group) is 1. The standard InChI is InChI=1S/C18H29N3O/c1-20-9-11-21(12-10-20)17-7-6-16(19)14-18(17)22-13-8-15-4-2-3-5-15/h6-7,14-15H,2-5,8-13,19H2,1H3. The molecule has 1 heterocycles. The van der Waals surface area contributed by atoms with Gasteiger partial charge in [0, 0.05) is 37.9 Å². The summed E-state index contributed by atoms with van der Waals surface area (Å²) in [5.41, 5.74) is 7.95. The summed E-state index contributed by atoms with van der Waals surface area (Å²) in [5.74, 6) is 1.83. The van der Waals surface area contributed by atoms with Gasteiger partial charge in [0.2, 0.25) is 0 Å². The highest BCUT2D eigenvalue weighted by Gasteiger charge is 2.19. The average Bonchev–Trinajstić information content (AvgIpc) is 3.02. The number of nitrogens with two attached hydrogens (primary N) is 1. The Kier molecular flexibility index (Phi) is 5.08. The molecule has 0 aromatic heterocycles. The largest absolute Gasteiger partial charge is 0.491 e. The maximum atomic E-state index is 6.12. The highest BCUT2D eigenvalue weighted by molar-refractivity contribution is 5.64. The third-order valence-corrected chi connectivity index (χ3v) is 5.09. The molecular weight excluding hydrogens is 274 g/mol. The predicted molar refractivity (Wildman–Crippen MR) is 92.6 cm³/mol. The summed E-state index contributed by atoms with van der Waals surface area (Å²) in [6, 6.07) is 6.09. The zero-order chi connectivity index (χ0) is 15.4. The molecule has 0 atom stereocenters. The molecule has 0 amide bonds. The number of rotatable bonds is 5. The molecule has 1 saturated carbocycles. The highest BCUT2D eigenvalue weighted by Crippen LogP contribution is 2.32. The molecule has 1 saturated heterocycles. The van der Waals surface area contributed by atoms with Crippen LogP contribution in [0.25, 0.3) is 0 Å². The first-order valence-electron chi connectivity index (χ1n) is 8.68. The van der Waals surface area contributed by atoms with E-state index in [-0.39, 0.29) is 0 Å². The van der Waals surface area contributed by atoms with E-state index in [1.165, 1.54) is 37.8 Å². The number of benzene rings is 1. The van der Waals surface area contributed by atoms with Crippen molar-refractivity contribution in [3.63, 3.8) is 0 Å². The second-order valence-corrected chi connectivity index (χ2v) is 6.81. The van der Waals surface area contributed by atoms with Crippen molar-refractivity contribution >= 4 is 11.4 Å². The Morgan fingerprint density at radius 1 is 1.14 bits per heavy atom. The molecular formula is C18H29N3O. The third kappa shape index (κ3) is 3.86.